The van der Waals surface area contributed by atoms with Crippen LogP contribution in [0.2, 0.25) is 0 Å². The number of nitrogens with zero attached hydrogens (tertiary/aromatic N) is 3. The van der Waals surface area contributed by atoms with Crippen LogP contribution in [0.5, 0.6) is 5.75 Å². The molecule has 190 valence electrons. The molecule has 0 radical (unpaired) electrons. The number of aromatic nitrogens is 2. The summed E-state index contributed by atoms with van der Waals surface area (Å²) in [6.07, 6.45) is 1.82. The van der Waals surface area contributed by atoms with Crippen LogP contribution >= 0.6 is 12.2 Å². The van der Waals surface area contributed by atoms with Crippen molar-refractivity contribution in [2.45, 2.75) is 38.1 Å². The summed E-state index contributed by atoms with van der Waals surface area (Å²) in [5.74, 6) is 1.81. The first-order valence-electron chi connectivity index (χ1n) is 11.8. The zero-order chi connectivity index (χ0) is 25.5. The molecule has 1 aliphatic heterocycles. The first-order chi connectivity index (χ1) is 17.3. The Kier molecular flexibility index (Phi) is 8.34. The molecule has 0 unspecified atom stereocenters. The highest BCUT2D eigenvalue weighted by Gasteiger charge is 2.26. The van der Waals surface area contributed by atoms with Crippen molar-refractivity contribution in [1.82, 2.24) is 19.6 Å². The minimum atomic E-state index is -3.42. The maximum Gasteiger partial charge on any atom is 0.243 e. The monoisotopic (exact) mass is 526 g/mol. The number of ether oxygens (including phenoxy) is 1. The van der Waals surface area contributed by atoms with Crippen LogP contribution in [0.4, 0.5) is 17.5 Å². The lowest BCUT2D eigenvalue weighted by Crippen LogP contribution is -2.29. The molecule has 0 spiro atoms. The van der Waals surface area contributed by atoms with Gasteiger partial charge >= 0.3 is 0 Å². The first kappa shape index (κ1) is 25.8. The molecular formula is C25H30N6O3S2. The van der Waals surface area contributed by atoms with Crippen molar-refractivity contribution in [1.29, 1.82) is 0 Å². The Bertz CT molecular complexity index is 1290. The summed E-state index contributed by atoms with van der Waals surface area (Å²) in [6, 6.07) is 16.3. The average Bonchev–Trinajstić information content (AvgIpc) is 3.40. The Morgan fingerprint density at radius 3 is 2.42 bits per heavy atom. The summed E-state index contributed by atoms with van der Waals surface area (Å²) in [7, 11) is -3.42. The topological polar surface area (TPSA) is 108 Å². The standard InChI is InChI=1S/C25H30N6O3S2/c1-3-34-21-10-8-20(9-11-21)28-23-16-18(2)27-24(29-23)30-25(35)26-17-19-6-12-22(13-7-19)36(32,33)31-14-4-5-15-31/h6-13,16H,3-5,14-15,17H2,1-2H3,(H3,26,27,28,29,30,35). The van der Waals surface area contributed by atoms with Crippen molar-refractivity contribution in [3.05, 3.63) is 65.9 Å². The van der Waals surface area contributed by atoms with Crippen molar-refractivity contribution in [2.24, 2.45) is 0 Å². The lowest BCUT2D eigenvalue weighted by molar-refractivity contribution is 0.340. The van der Waals surface area contributed by atoms with E-state index in [2.05, 4.69) is 25.9 Å². The van der Waals surface area contributed by atoms with Gasteiger partial charge < -0.3 is 20.7 Å². The van der Waals surface area contributed by atoms with Crippen LogP contribution < -0.4 is 20.7 Å². The number of aryl methyl sites for hydroxylation is 1. The number of hydrogen-bond donors (Lipinski definition) is 3. The highest BCUT2D eigenvalue weighted by atomic mass is 32.2. The van der Waals surface area contributed by atoms with E-state index in [-0.39, 0.29) is 0 Å². The van der Waals surface area contributed by atoms with Crippen molar-refractivity contribution in [3.63, 3.8) is 0 Å². The van der Waals surface area contributed by atoms with Crippen molar-refractivity contribution in [3.8, 4) is 5.75 Å². The Morgan fingerprint density at radius 2 is 1.75 bits per heavy atom. The molecule has 1 aliphatic rings. The third kappa shape index (κ3) is 6.68. The second-order valence-corrected chi connectivity index (χ2v) is 10.7. The van der Waals surface area contributed by atoms with Gasteiger partial charge in [0.2, 0.25) is 16.0 Å². The van der Waals surface area contributed by atoms with Crippen LogP contribution in [0.15, 0.2) is 59.5 Å². The van der Waals surface area contributed by atoms with Gasteiger partial charge in [-0.3, -0.25) is 0 Å². The molecule has 4 rings (SSSR count). The summed E-state index contributed by atoms with van der Waals surface area (Å²) in [5.41, 5.74) is 2.56. The first-order valence-corrected chi connectivity index (χ1v) is 13.7. The van der Waals surface area contributed by atoms with Crippen molar-refractivity contribution in [2.75, 3.05) is 30.3 Å². The van der Waals surface area contributed by atoms with Gasteiger partial charge in [-0.15, -0.1) is 0 Å². The fourth-order valence-corrected chi connectivity index (χ4v) is 5.50. The van der Waals surface area contributed by atoms with Crippen LogP contribution in [0, 0.1) is 6.92 Å². The van der Waals surface area contributed by atoms with Crippen LogP contribution in [0.25, 0.3) is 0 Å². The number of benzene rings is 2. The molecular weight excluding hydrogens is 496 g/mol. The Labute approximate surface area is 217 Å². The fraction of sp³-hybridized carbons (Fsp3) is 0.320. The van der Waals surface area contributed by atoms with Gasteiger partial charge in [0.25, 0.3) is 0 Å². The summed E-state index contributed by atoms with van der Waals surface area (Å²) in [4.78, 5) is 9.21. The van der Waals surface area contributed by atoms with Crippen molar-refractivity contribution >= 4 is 44.8 Å². The summed E-state index contributed by atoms with van der Waals surface area (Å²) in [6.45, 7) is 6.05. The largest absolute Gasteiger partial charge is 0.494 e. The molecule has 2 aromatic carbocycles. The third-order valence-corrected chi connectivity index (χ3v) is 7.76. The number of rotatable bonds is 9. The lowest BCUT2D eigenvalue weighted by atomic mass is 10.2. The van der Waals surface area contributed by atoms with Crippen LogP contribution in [0.3, 0.4) is 0 Å². The van der Waals surface area contributed by atoms with E-state index < -0.39 is 10.0 Å². The van der Waals surface area contributed by atoms with Gasteiger partial charge in [0, 0.05) is 37.1 Å². The Morgan fingerprint density at radius 1 is 1.06 bits per heavy atom. The highest BCUT2D eigenvalue weighted by Crippen LogP contribution is 2.22. The normalized spacial score (nSPS) is 13.8. The number of anilines is 3. The van der Waals surface area contributed by atoms with Crippen molar-refractivity contribution < 1.29 is 13.2 Å². The SMILES string of the molecule is CCOc1ccc(Nc2cc(C)nc(NC(=S)NCc3ccc(S(=O)(=O)N4CCCC4)cc3)n2)cc1. The number of thiocarbonyl (C=S) groups is 1. The lowest BCUT2D eigenvalue weighted by Gasteiger charge is -2.16. The minimum absolute atomic E-state index is 0.314. The number of sulfonamides is 1. The fourth-order valence-electron chi connectivity index (χ4n) is 3.82. The van der Waals surface area contributed by atoms with Crippen LogP contribution in [0.1, 0.15) is 31.0 Å². The highest BCUT2D eigenvalue weighted by molar-refractivity contribution is 7.89. The van der Waals surface area contributed by atoms with Gasteiger partial charge in [-0.25, -0.2) is 13.4 Å². The molecule has 0 amide bonds. The van der Waals surface area contributed by atoms with E-state index in [1.165, 1.54) is 0 Å². The Hall–Kier alpha value is -3.28. The maximum atomic E-state index is 12.7. The molecule has 2 heterocycles. The molecule has 1 fully saturated rings. The van der Waals surface area contributed by atoms with Crippen LogP contribution in [-0.2, 0) is 16.6 Å². The van der Waals surface area contributed by atoms with Gasteiger partial charge in [0.15, 0.2) is 5.11 Å². The number of hydrogen-bond acceptors (Lipinski definition) is 7. The third-order valence-electron chi connectivity index (χ3n) is 5.60. The van der Waals surface area contributed by atoms with Crippen LogP contribution in [-0.4, -0.2) is 47.5 Å². The predicted molar refractivity (Wildman–Crippen MR) is 145 cm³/mol. The smallest absolute Gasteiger partial charge is 0.243 e. The van der Waals surface area contributed by atoms with E-state index in [4.69, 9.17) is 17.0 Å². The van der Waals surface area contributed by atoms with E-state index in [1.807, 2.05) is 44.2 Å². The van der Waals surface area contributed by atoms with E-state index in [0.717, 1.165) is 35.5 Å². The van der Waals surface area contributed by atoms with E-state index in [0.29, 0.717) is 48.0 Å². The molecule has 9 nitrogen and oxygen atoms in total. The van der Waals surface area contributed by atoms with E-state index in [9.17, 15) is 8.42 Å². The molecule has 0 aliphatic carbocycles. The quantitative estimate of drug-likeness (QED) is 0.354. The second kappa shape index (κ2) is 11.6. The molecule has 3 N–H and O–H groups in total. The molecule has 0 atom stereocenters. The minimum Gasteiger partial charge on any atom is -0.494 e. The van der Waals surface area contributed by atoms with Gasteiger partial charge in [-0.05, 0) is 80.9 Å². The maximum absolute atomic E-state index is 12.7. The molecule has 0 saturated carbocycles. The van der Waals surface area contributed by atoms with Gasteiger partial charge in [-0.2, -0.15) is 9.29 Å². The van der Waals surface area contributed by atoms with E-state index in [1.54, 1.807) is 28.6 Å². The molecule has 1 aromatic heterocycles. The second-order valence-electron chi connectivity index (χ2n) is 8.36. The predicted octanol–water partition coefficient (Wildman–Crippen LogP) is 4.20. The van der Waals surface area contributed by atoms with Gasteiger partial charge in [0.05, 0.1) is 11.5 Å². The summed E-state index contributed by atoms with van der Waals surface area (Å²) < 4.78 is 32.4. The van der Waals surface area contributed by atoms with E-state index >= 15 is 0 Å². The molecule has 1 saturated heterocycles. The number of nitrogens with one attached hydrogen (secondary N) is 3. The van der Waals surface area contributed by atoms with Gasteiger partial charge in [-0.1, -0.05) is 12.1 Å². The summed E-state index contributed by atoms with van der Waals surface area (Å²) >= 11 is 5.41. The average molecular weight is 527 g/mol. The zero-order valence-corrected chi connectivity index (χ0v) is 22.0. The Balaban J connectivity index is 1.32. The zero-order valence-electron chi connectivity index (χ0n) is 20.3. The summed E-state index contributed by atoms with van der Waals surface area (Å²) in [5, 5.41) is 9.75. The molecule has 11 heteroatoms. The van der Waals surface area contributed by atoms with Gasteiger partial charge in [0.1, 0.15) is 11.6 Å². The molecule has 0 bridgehead atoms. The molecule has 36 heavy (non-hydrogen) atoms. The molecule has 3 aromatic rings.